The number of halogens is 1. The predicted octanol–water partition coefficient (Wildman–Crippen LogP) is 4.69. The first-order chi connectivity index (χ1) is 14.5. The first-order valence-electron chi connectivity index (χ1n) is 9.56. The summed E-state index contributed by atoms with van der Waals surface area (Å²) in [5.74, 6) is 1.26. The number of hydrogen-bond donors (Lipinski definition) is 0. The van der Waals surface area contributed by atoms with E-state index in [2.05, 4.69) is 0 Å². The van der Waals surface area contributed by atoms with E-state index in [0.29, 0.717) is 22.9 Å². The highest BCUT2D eigenvalue weighted by atomic mass is 19.1. The summed E-state index contributed by atoms with van der Waals surface area (Å²) >= 11 is 0. The fraction of sp³-hybridized carbons (Fsp3) is 0.208. The average Bonchev–Trinajstić information content (AvgIpc) is 2.77. The third-order valence-electron chi connectivity index (χ3n) is 5.25. The maximum atomic E-state index is 13.4. The summed E-state index contributed by atoms with van der Waals surface area (Å²) in [7, 11) is 3.13. The molecule has 0 spiro atoms. The monoisotopic (exact) mass is 407 g/mol. The van der Waals surface area contributed by atoms with Gasteiger partial charge in [-0.05, 0) is 60.5 Å². The van der Waals surface area contributed by atoms with Gasteiger partial charge in [0.1, 0.15) is 17.6 Å². The molecule has 3 aromatic carbocycles. The van der Waals surface area contributed by atoms with Gasteiger partial charge in [0, 0.05) is 5.69 Å². The molecule has 1 heterocycles. The minimum atomic E-state index is -0.714. The predicted molar refractivity (Wildman–Crippen MR) is 112 cm³/mol. The van der Waals surface area contributed by atoms with Gasteiger partial charge in [-0.25, -0.2) is 4.39 Å². The summed E-state index contributed by atoms with van der Waals surface area (Å²) in [4.78, 5) is 14.7. The van der Waals surface area contributed by atoms with E-state index in [1.807, 2.05) is 43.3 Å². The van der Waals surface area contributed by atoms with E-state index in [-0.39, 0.29) is 11.7 Å². The zero-order chi connectivity index (χ0) is 21.3. The molecular formula is C24H22FNO4. The molecule has 0 aliphatic carbocycles. The molecule has 1 amide bonds. The number of rotatable bonds is 6. The maximum absolute atomic E-state index is 13.4. The van der Waals surface area contributed by atoms with E-state index >= 15 is 0 Å². The number of benzene rings is 3. The molecule has 154 valence electrons. The number of amides is 1. The molecule has 1 aliphatic heterocycles. The largest absolute Gasteiger partial charge is 0.493 e. The Bertz CT molecular complexity index is 1070. The van der Waals surface area contributed by atoms with Crippen LogP contribution in [0.5, 0.6) is 17.2 Å². The lowest BCUT2D eigenvalue weighted by Crippen LogP contribution is -2.61. The van der Waals surface area contributed by atoms with Crippen LogP contribution in [0.2, 0.25) is 0 Å². The lowest BCUT2D eigenvalue weighted by Gasteiger charge is -2.46. The van der Waals surface area contributed by atoms with Gasteiger partial charge in [0.05, 0.1) is 14.2 Å². The van der Waals surface area contributed by atoms with Gasteiger partial charge in [0.25, 0.3) is 5.91 Å². The second-order valence-corrected chi connectivity index (χ2v) is 7.05. The molecule has 1 fully saturated rings. The zero-order valence-electron chi connectivity index (χ0n) is 17.0. The number of anilines is 1. The minimum absolute atomic E-state index is 0.190. The number of para-hydroxylation sites is 1. The van der Waals surface area contributed by atoms with Gasteiger partial charge in [-0.15, -0.1) is 0 Å². The standard InChI is InChI=1S/C24H22FNO4/c1-15-6-4-5-7-19(15)30-23-22(16-8-13-20(28-2)21(14-16)29-3)26(24(23)27)18-11-9-17(25)10-12-18/h4-14,22-23H,1-3H3. The fourth-order valence-corrected chi connectivity index (χ4v) is 3.65. The van der Waals surface area contributed by atoms with Crippen LogP contribution in [0.3, 0.4) is 0 Å². The van der Waals surface area contributed by atoms with Crippen molar-refractivity contribution in [2.24, 2.45) is 0 Å². The second-order valence-electron chi connectivity index (χ2n) is 7.05. The van der Waals surface area contributed by atoms with Crippen LogP contribution in [0.15, 0.2) is 66.7 Å². The number of methoxy groups -OCH3 is 2. The lowest BCUT2D eigenvalue weighted by molar-refractivity contribution is -0.135. The molecule has 0 N–H and O–H groups in total. The maximum Gasteiger partial charge on any atom is 0.271 e. The van der Waals surface area contributed by atoms with E-state index in [4.69, 9.17) is 14.2 Å². The van der Waals surface area contributed by atoms with Gasteiger partial charge in [-0.1, -0.05) is 24.3 Å². The Morgan fingerprint density at radius 3 is 2.23 bits per heavy atom. The Morgan fingerprint density at radius 1 is 0.867 bits per heavy atom. The molecule has 5 nitrogen and oxygen atoms in total. The normalized spacial score (nSPS) is 18.0. The molecule has 1 aliphatic rings. The van der Waals surface area contributed by atoms with Crippen LogP contribution < -0.4 is 19.1 Å². The van der Waals surface area contributed by atoms with E-state index < -0.39 is 12.1 Å². The smallest absolute Gasteiger partial charge is 0.271 e. The molecule has 0 aromatic heterocycles. The number of hydrogen-bond acceptors (Lipinski definition) is 4. The van der Waals surface area contributed by atoms with E-state index in [0.717, 1.165) is 11.1 Å². The number of aryl methyl sites for hydroxylation is 1. The molecule has 0 radical (unpaired) electrons. The number of nitrogens with zero attached hydrogens (tertiary/aromatic N) is 1. The van der Waals surface area contributed by atoms with E-state index in [9.17, 15) is 9.18 Å². The molecule has 4 rings (SSSR count). The number of carbonyl (C=O) groups is 1. The Hall–Kier alpha value is -3.54. The van der Waals surface area contributed by atoms with Gasteiger partial charge in [-0.3, -0.25) is 9.69 Å². The zero-order valence-corrected chi connectivity index (χ0v) is 17.0. The van der Waals surface area contributed by atoms with Crippen molar-refractivity contribution in [3.05, 3.63) is 83.7 Å². The van der Waals surface area contributed by atoms with Crippen LogP contribution in [-0.4, -0.2) is 26.2 Å². The van der Waals surface area contributed by atoms with Crippen LogP contribution in [0, 0.1) is 12.7 Å². The van der Waals surface area contributed by atoms with Gasteiger partial charge in [0.15, 0.2) is 11.5 Å². The summed E-state index contributed by atoms with van der Waals surface area (Å²) in [6, 6.07) is 18.5. The number of ether oxygens (including phenoxy) is 3. The summed E-state index contributed by atoms with van der Waals surface area (Å²) in [5.41, 5.74) is 2.37. The van der Waals surface area contributed by atoms with Crippen molar-refractivity contribution < 1.29 is 23.4 Å². The van der Waals surface area contributed by atoms with Crippen molar-refractivity contribution in [3.8, 4) is 17.2 Å². The van der Waals surface area contributed by atoms with E-state index in [1.54, 1.807) is 37.3 Å². The SMILES string of the molecule is COc1ccc(C2C(Oc3ccccc3C)C(=O)N2c2ccc(F)cc2)cc1OC. The Labute approximate surface area is 174 Å². The first-order valence-corrected chi connectivity index (χ1v) is 9.56. The second kappa shape index (κ2) is 8.06. The van der Waals surface area contributed by atoms with Crippen molar-refractivity contribution in [1.82, 2.24) is 0 Å². The average molecular weight is 407 g/mol. The molecule has 0 bridgehead atoms. The summed E-state index contributed by atoms with van der Waals surface area (Å²) in [6.45, 7) is 1.93. The highest BCUT2D eigenvalue weighted by Crippen LogP contribution is 2.43. The Morgan fingerprint density at radius 2 is 1.57 bits per heavy atom. The van der Waals surface area contributed by atoms with Gasteiger partial charge in [-0.2, -0.15) is 0 Å². The quantitative estimate of drug-likeness (QED) is 0.557. The highest BCUT2D eigenvalue weighted by Gasteiger charge is 2.51. The molecule has 30 heavy (non-hydrogen) atoms. The molecule has 6 heteroatoms. The molecule has 3 aromatic rings. The minimum Gasteiger partial charge on any atom is -0.493 e. The Kier molecular flexibility index (Phi) is 5.31. The van der Waals surface area contributed by atoms with E-state index in [1.165, 1.54) is 12.1 Å². The fourth-order valence-electron chi connectivity index (χ4n) is 3.65. The molecule has 1 saturated heterocycles. The summed E-state index contributed by atoms with van der Waals surface area (Å²) in [5, 5.41) is 0. The number of carbonyl (C=O) groups excluding carboxylic acids is 1. The summed E-state index contributed by atoms with van der Waals surface area (Å²) < 4.78 is 30.3. The third kappa shape index (κ3) is 3.45. The third-order valence-corrected chi connectivity index (χ3v) is 5.25. The van der Waals surface area contributed by atoms with Crippen molar-refractivity contribution in [3.63, 3.8) is 0 Å². The van der Waals surface area contributed by atoms with Crippen molar-refractivity contribution in [2.75, 3.05) is 19.1 Å². The Balaban J connectivity index is 1.74. The highest BCUT2D eigenvalue weighted by molar-refractivity contribution is 6.05. The lowest BCUT2D eigenvalue weighted by atomic mass is 9.89. The molecule has 2 atom stereocenters. The topological polar surface area (TPSA) is 48.0 Å². The van der Waals surface area contributed by atoms with Gasteiger partial charge < -0.3 is 14.2 Å². The van der Waals surface area contributed by atoms with Gasteiger partial charge >= 0.3 is 0 Å². The van der Waals surface area contributed by atoms with Crippen molar-refractivity contribution in [1.29, 1.82) is 0 Å². The van der Waals surface area contributed by atoms with Gasteiger partial charge in [0.2, 0.25) is 6.10 Å². The summed E-state index contributed by atoms with van der Waals surface area (Å²) in [6.07, 6.45) is -0.714. The first kappa shape index (κ1) is 19.8. The molecule has 0 saturated carbocycles. The number of β-lactam (4-membered cyclic amide) rings is 1. The van der Waals surface area contributed by atoms with Crippen molar-refractivity contribution >= 4 is 11.6 Å². The van der Waals surface area contributed by atoms with Crippen LogP contribution >= 0.6 is 0 Å². The van der Waals surface area contributed by atoms with Crippen molar-refractivity contribution in [2.45, 2.75) is 19.1 Å². The van der Waals surface area contributed by atoms with Crippen LogP contribution in [0.4, 0.5) is 10.1 Å². The van der Waals surface area contributed by atoms with Crippen LogP contribution in [0.1, 0.15) is 17.2 Å². The molecule has 2 unspecified atom stereocenters. The molecular weight excluding hydrogens is 385 g/mol. The van der Waals surface area contributed by atoms with Crippen LogP contribution in [0.25, 0.3) is 0 Å². The van der Waals surface area contributed by atoms with Crippen LogP contribution in [-0.2, 0) is 4.79 Å².